The predicted octanol–water partition coefficient (Wildman–Crippen LogP) is 4.74. The van der Waals surface area contributed by atoms with Crippen LogP contribution in [-0.2, 0) is 10.8 Å². The van der Waals surface area contributed by atoms with Crippen LogP contribution in [0.2, 0.25) is 0 Å². The monoisotopic (exact) mass is 268 g/mol. The summed E-state index contributed by atoms with van der Waals surface area (Å²) in [7, 11) is 0. The fraction of sp³-hybridized carbons (Fsp3) is 0.444. The average Bonchev–Trinajstić information content (AvgIpc) is 2.37. The number of hydrogen-bond acceptors (Lipinski definition) is 2. The van der Waals surface area contributed by atoms with Crippen molar-refractivity contribution in [2.24, 2.45) is 0 Å². The maximum absolute atomic E-state index is 4.25. The van der Waals surface area contributed by atoms with Crippen molar-refractivity contribution in [3.8, 4) is 11.3 Å². The van der Waals surface area contributed by atoms with E-state index < -0.39 is 0 Å². The fourth-order valence-electron chi connectivity index (χ4n) is 2.10. The molecule has 2 heteroatoms. The van der Waals surface area contributed by atoms with Crippen molar-refractivity contribution in [2.75, 3.05) is 0 Å². The minimum Gasteiger partial charge on any atom is -0.159 e. The molecule has 2 nitrogen and oxygen atoms in total. The standard InChI is InChI=1S/C18H24N2/c1-17(2,3)14-10-13(16-8-7-9-19-20-16)11-15(12-14)18(4,5)6/h7-12H,1-6H3. The molecule has 1 heterocycles. The zero-order valence-corrected chi connectivity index (χ0v) is 13.4. The van der Waals surface area contributed by atoms with E-state index >= 15 is 0 Å². The number of aromatic nitrogens is 2. The van der Waals surface area contributed by atoms with Crippen LogP contribution in [0.3, 0.4) is 0 Å². The Hall–Kier alpha value is -1.70. The molecule has 0 aliphatic heterocycles. The van der Waals surface area contributed by atoms with Crippen LogP contribution in [0.25, 0.3) is 11.3 Å². The lowest BCUT2D eigenvalue weighted by molar-refractivity contribution is 0.569. The van der Waals surface area contributed by atoms with E-state index in [1.807, 2.05) is 12.1 Å². The van der Waals surface area contributed by atoms with Gasteiger partial charge in [0.2, 0.25) is 0 Å². The summed E-state index contributed by atoms with van der Waals surface area (Å²) < 4.78 is 0. The summed E-state index contributed by atoms with van der Waals surface area (Å²) in [6.07, 6.45) is 1.71. The van der Waals surface area contributed by atoms with Crippen LogP contribution in [0.1, 0.15) is 52.7 Å². The van der Waals surface area contributed by atoms with Crippen molar-refractivity contribution in [1.29, 1.82) is 0 Å². The van der Waals surface area contributed by atoms with E-state index in [-0.39, 0.29) is 10.8 Å². The van der Waals surface area contributed by atoms with Crippen LogP contribution < -0.4 is 0 Å². The molecule has 0 aliphatic carbocycles. The Bertz CT molecular complexity index is 555. The highest BCUT2D eigenvalue weighted by molar-refractivity contribution is 5.62. The summed E-state index contributed by atoms with van der Waals surface area (Å²) in [5, 5.41) is 8.24. The highest BCUT2D eigenvalue weighted by atomic mass is 15.1. The highest BCUT2D eigenvalue weighted by Crippen LogP contribution is 2.33. The molecule has 1 aromatic heterocycles. The molecule has 0 aliphatic rings. The van der Waals surface area contributed by atoms with E-state index in [1.165, 1.54) is 11.1 Å². The number of hydrogen-bond donors (Lipinski definition) is 0. The highest BCUT2D eigenvalue weighted by Gasteiger charge is 2.21. The van der Waals surface area contributed by atoms with Crippen LogP contribution in [0.15, 0.2) is 36.5 Å². The summed E-state index contributed by atoms with van der Waals surface area (Å²) in [5.74, 6) is 0. The van der Waals surface area contributed by atoms with Gasteiger partial charge in [-0.25, -0.2) is 0 Å². The lowest BCUT2D eigenvalue weighted by Gasteiger charge is -2.26. The zero-order valence-electron chi connectivity index (χ0n) is 13.4. The molecular weight excluding hydrogens is 244 g/mol. The lowest BCUT2D eigenvalue weighted by atomic mass is 9.79. The van der Waals surface area contributed by atoms with Gasteiger partial charge in [-0.2, -0.15) is 10.2 Å². The maximum Gasteiger partial charge on any atom is 0.0929 e. The Morgan fingerprint density at radius 1 is 0.800 bits per heavy atom. The summed E-state index contributed by atoms with van der Waals surface area (Å²) in [5.41, 5.74) is 5.01. The van der Waals surface area contributed by atoms with Crippen LogP contribution >= 0.6 is 0 Å². The Morgan fingerprint density at radius 2 is 1.35 bits per heavy atom. The fourth-order valence-corrected chi connectivity index (χ4v) is 2.10. The topological polar surface area (TPSA) is 25.8 Å². The number of benzene rings is 1. The third kappa shape index (κ3) is 3.24. The molecule has 0 bridgehead atoms. The van der Waals surface area contributed by atoms with Crippen LogP contribution in [0.5, 0.6) is 0 Å². The van der Waals surface area contributed by atoms with Gasteiger partial charge >= 0.3 is 0 Å². The van der Waals surface area contributed by atoms with E-state index in [0.717, 1.165) is 11.3 Å². The molecule has 0 spiro atoms. The molecule has 0 amide bonds. The van der Waals surface area contributed by atoms with Crippen LogP contribution in [0.4, 0.5) is 0 Å². The van der Waals surface area contributed by atoms with Gasteiger partial charge in [0.05, 0.1) is 5.69 Å². The quantitative estimate of drug-likeness (QED) is 0.746. The summed E-state index contributed by atoms with van der Waals surface area (Å²) in [4.78, 5) is 0. The van der Waals surface area contributed by atoms with Crippen molar-refractivity contribution in [3.63, 3.8) is 0 Å². The van der Waals surface area contributed by atoms with E-state index in [1.54, 1.807) is 6.20 Å². The number of rotatable bonds is 1. The molecule has 2 aromatic rings. The Morgan fingerprint density at radius 3 is 1.75 bits per heavy atom. The van der Waals surface area contributed by atoms with E-state index in [0.29, 0.717) is 0 Å². The van der Waals surface area contributed by atoms with Gasteiger partial charge in [-0.1, -0.05) is 47.6 Å². The lowest BCUT2D eigenvalue weighted by Crippen LogP contribution is -2.16. The third-order valence-corrected chi connectivity index (χ3v) is 3.53. The minimum atomic E-state index is 0.123. The van der Waals surface area contributed by atoms with Gasteiger partial charge in [0.25, 0.3) is 0 Å². The summed E-state index contributed by atoms with van der Waals surface area (Å²) in [6.45, 7) is 13.5. The molecule has 0 saturated heterocycles. The zero-order chi connectivity index (χ0) is 15.0. The summed E-state index contributed by atoms with van der Waals surface area (Å²) in [6, 6.07) is 10.7. The first-order valence-corrected chi connectivity index (χ1v) is 7.12. The van der Waals surface area contributed by atoms with Crippen molar-refractivity contribution < 1.29 is 0 Å². The second kappa shape index (κ2) is 5.01. The molecule has 106 valence electrons. The first-order chi connectivity index (χ1) is 9.18. The van der Waals surface area contributed by atoms with Crippen molar-refractivity contribution in [1.82, 2.24) is 10.2 Å². The van der Waals surface area contributed by atoms with Gasteiger partial charge in [0.15, 0.2) is 0 Å². The molecule has 0 N–H and O–H groups in total. The average molecular weight is 268 g/mol. The normalized spacial score (nSPS) is 12.5. The molecular formula is C18H24N2. The van der Waals surface area contributed by atoms with Gasteiger partial charge < -0.3 is 0 Å². The Kier molecular flexibility index (Phi) is 3.68. The van der Waals surface area contributed by atoms with E-state index in [2.05, 4.69) is 69.9 Å². The van der Waals surface area contributed by atoms with Gasteiger partial charge in [0, 0.05) is 11.8 Å². The van der Waals surface area contributed by atoms with Crippen molar-refractivity contribution >= 4 is 0 Å². The van der Waals surface area contributed by atoms with Crippen LogP contribution in [0, 0.1) is 0 Å². The maximum atomic E-state index is 4.25. The second-order valence-corrected chi connectivity index (χ2v) is 7.41. The largest absolute Gasteiger partial charge is 0.159 e. The van der Waals surface area contributed by atoms with E-state index in [4.69, 9.17) is 0 Å². The van der Waals surface area contributed by atoms with E-state index in [9.17, 15) is 0 Å². The molecule has 0 fully saturated rings. The first-order valence-electron chi connectivity index (χ1n) is 7.12. The van der Waals surface area contributed by atoms with Crippen molar-refractivity contribution in [2.45, 2.75) is 52.4 Å². The smallest absolute Gasteiger partial charge is 0.0929 e. The van der Waals surface area contributed by atoms with Gasteiger partial charge in [0.1, 0.15) is 0 Å². The Labute approximate surface area is 122 Å². The van der Waals surface area contributed by atoms with Crippen LogP contribution in [-0.4, -0.2) is 10.2 Å². The molecule has 20 heavy (non-hydrogen) atoms. The molecule has 2 rings (SSSR count). The predicted molar refractivity (Wildman–Crippen MR) is 84.9 cm³/mol. The van der Waals surface area contributed by atoms with Crippen molar-refractivity contribution in [3.05, 3.63) is 47.7 Å². The minimum absolute atomic E-state index is 0.123. The van der Waals surface area contributed by atoms with Gasteiger partial charge in [-0.15, -0.1) is 0 Å². The molecule has 0 radical (unpaired) electrons. The number of nitrogens with zero attached hydrogens (tertiary/aromatic N) is 2. The molecule has 0 unspecified atom stereocenters. The molecule has 1 aromatic carbocycles. The molecule has 0 atom stereocenters. The van der Waals surface area contributed by atoms with Gasteiger partial charge in [-0.3, -0.25) is 0 Å². The third-order valence-electron chi connectivity index (χ3n) is 3.53. The SMILES string of the molecule is CC(C)(C)c1cc(-c2cccnn2)cc(C(C)(C)C)c1. The van der Waals surface area contributed by atoms with Gasteiger partial charge in [-0.05, 0) is 46.2 Å². The second-order valence-electron chi connectivity index (χ2n) is 7.41. The molecule has 0 saturated carbocycles. The summed E-state index contributed by atoms with van der Waals surface area (Å²) >= 11 is 0. The Balaban J connectivity index is 2.64. The first kappa shape index (κ1) is 14.7.